The molecular formula is C36H58N6O5. The van der Waals surface area contributed by atoms with E-state index in [0.717, 1.165) is 16.5 Å². The van der Waals surface area contributed by atoms with E-state index in [1.807, 2.05) is 67.6 Å². The van der Waals surface area contributed by atoms with E-state index in [4.69, 9.17) is 10.8 Å². The van der Waals surface area contributed by atoms with Crippen LogP contribution in [0.25, 0.3) is 10.9 Å². The number of nitrogens with two attached hydrogens (primary N) is 1. The van der Waals surface area contributed by atoms with E-state index < -0.39 is 41.0 Å². The normalized spacial score (nSPS) is 15.2. The van der Waals surface area contributed by atoms with E-state index in [9.17, 15) is 19.2 Å². The second-order valence-electron chi connectivity index (χ2n) is 14.7. The van der Waals surface area contributed by atoms with Gasteiger partial charge in [0.05, 0.1) is 12.1 Å². The zero-order chi connectivity index (χ0) is 35.9. The maximum absolute atomic E-state index is 14.2. The van der Waals surface area contributed by atoms with E-state index in [2.05, 4.69) is 38.8 Å². The van der Waals surface area contributed by atoms with Gasteiger partial charge in [0.1, 0.15) is 12.1 Å². The first-order valence-corrected chi connectivity index (χ1v) is 16.5. The topological polar surface area (TPSA) is 159 Å². The van der Waals surface area contributed by atoms with Crippen LogP contribution in [0, 0.1) is 11.3 Å². The average Bonchev–Trinajstić information content (AvgIpc) is 3.34. The number of fused-ring (bicyclic) bond motifs is 1. The molecule has 6 N–H and O–H groups in total. The number of aliphatic carboxylic acids is 1. The number of carbonyl (C=O) groups is 4. The van der Waals surface area contributed by atoms with Crippen molar-refractivity contribution in [1.82, 2.24) is 25.4 Å². The van der Waals surface area contributed by atoms with Gasteiger partial charge in [0.25, 0.3) is 0 Å². The lowest BCUT2D eigenvalue weighted by Gasteiger charge is -2.39. The van der Waals surface area contributed by atoms with Crippen molar-refractivity contribution in [3.8, 4) is 0 Å². The predicted octanol–water partition coefficient (Wildman–Crippen LogP) is 3.70. The van der Waals surface area contributed by atoms with Crippen LogP contribution in [0.1, 0.15) is 80.2 Å². The molecule has 2 unspecified atom stereocenters. The van der Waals surface area contributed by atoms with Crippen LogP contribution >= 0.6 is 0 Å². The number of benzene rings is 1. The van der Waals surface area contributed by atoms with Gasteiger partial charge in [-0.3, -0.25) is 19.2 Å². The van der Waals surface area contributed by atoms with Gasteiger partial charge in [0.15, 0.2) is 0 Å². The van der Waals surface area contributed by atoms with E-state index in [0.29, 0.717) is 31.4 Å². The van der Waals surface area contributed by atoms with Crippen LogP contribution in [-0.2, 0) is 31.6 Å². The number of rotatable bonds is 16. The number of nitrogens with one attached hydrogen (secondary N) is 3. The van der Waals surface area contributed by atoms with Crippen molar-refractivity contribution in [3.63, 3.8) is 0 Å². The van der Waals surface area contributed by atoms with E-state index >= 15 is 0 Å². The molecule has 0 saturated heterocycles. The summed E-state index contributed by atoms with van der Waals surface area (Å²) < 4.78 is 2.06. The van der Waals surface area contributed by atoms with Crippen LogP contribution in [0.5, 0.6) is 0 Å². The molecule has 2 aromatic rings. The molecule has 262 valence electrons. The van der Waals surface area contributed by atoms with Crippen LogP contribution in [0.4, 0.5) is 0 Å². The highest BCUT2D eigenvalue weighted by molar-refractivity contribution is 5.94. The number of likely N-dealkylation sites (N-methyl/N-ethyl adjacent to an activating group) is 2. The van der Waals surface area contributed by atoms with E-state index in [-0.39, 0.29) is 23.6 Å². The molecule has 11 nitrogen and oxygen atoms in total. The molecule has 0 saturated carbocycles. The first kappa shape index (κ1) is 39.5. The molecule has 0 aliphatic carbocycles. The Morgan fingerprint density at radius 3 is 2.21 bits per heavy atom. The van der Waals surface area contributed by atoms with Gasteiger partial charge in [-0.05, 0) is 56.2 Å². The SMILES string of the molecule is CN[C@H](C(=O)NC(C(=O)N(C)[C@H](/C=C(\C)C(=O)NCCCCC(N)C(=O)O)C(C)C)C(C)(C)C)C(C)(C)c1cn(C)c2ccccc12. The molecular weight excluding hydrogens is 596 g/mol. The number of amides is 3. The third-order valence-corrected chi connectivity index (χ3v) is 9.06. The molecule has 1 heterocycles. The maximum Gasteiger partial charge on any atom is 0.320 e. The summed E-state index contributed by atoms with van der Waals surface area (Å²) in [5.74, 6) is -1.83. The Kier molecular flexibility index (Phi) is 13.8. The molecule has 3 amide bonds. The van der Waals surface area contributed by atoms with Crippen LogP contribution < -0.4 is 21.7 Å². The van der Waals surface area contributed by atoms with Gasteiger partial charge < -0.3 is 36.3 Å². The zero-order valence-corrected chi connectivity index (χ0v) is 30.2. The number of carbonyl (C=O) groups excluding carboxylic acids is 3. The monoisotopic (exact) mass is 654 g/mol. The number of hydrogen-bond acceptors (Lipinski definition) is 6. The minimum atomic E-state index is -1.04. The summed E-state index contributed by atoms with van der Waals surface area (Å²) in [6.45, 7) is 15.9. The Morgan fingerprint density at radius 1 is 1.04 bits per heavy atom. The lowest BCUT2D eigenvalue weighted by molar-refractivity contribution is -0.141. The quantitative estimate of drug-likeness (QED) is 0.136. The number of aryl methyl sites for hydroxylation is 1. The van der Waals surface area contributed by atoms with Crippen molar-refractivity contribution < 1.29 is 24.3 Å². The van der Waals surface area contributed by atoms with E-state index in [1.165, 1.54) is 0 Å². The van der Waals surface area contributed by atoms with Crippen LogP contribution in [-0.4, -0.2) is 83.1 Å². The molecule has 0 spiro atoms. The largest absolute Gasteiger partial charge is 0.480 e. The number of aromatic nitrogens is 1. The number of para-hydroxylation sites is 1. The van der Waals surface area contributed by atoms with Crippen molar-refractivity contribution in [2.24, 2.45) is 24.1 Å². The summed E-state index contributed by atoms with van der Waals surface area (Å²) in [7, 11) is 5.46. The number of carboxylic acid groups (broad SMARTS) is 1. The first-order valence-electron chi connectivity index (χ1n) is 16.5. The minimum Gasteiger partial charge on any atom is -0.480 e. The molecule has 1 aromatic carbocycles. The van der Waals surface area contributed by atoms with Gasteiger partial charge in [-0.15, -0.1) is 0 Å². The predicted molar refractivity (Wildman–Crippen MR) is 188 cm³/mol. The first-order chi connectivity index (χ1) is 21.7. The van der Waals surface area contributed by atoms with E-state index in [1.54, 1.807) is 32.0 Å². The Labute approximate surface area is 280 Å². The lowest BCUT2D eigenvalue weighted by atomic mass is 9.76. The number of hydrogen-bond donors (Lipinski definition) is 5. The summed E-state index contributed by atoms with van der Waals surface area (Å²) in [5, 5.41) is 19.2. The Morgan fingerprint density at radius 2 is 1.66 bits per heavy atom. The molecule has 0 radical (unpaired) electrons. The van der Waals surface area contributed by atoms with Crippen molar-refractivity contribution in [1.29, 1.82) is 0 Å². The standard InChI is InChI=1S/C36H58N6O5/c1-22(2)28(20-23(3)31(43)39-19-15-14-17-26(37)34(46)47)42(11)33(45)30(35(4,5)6)40-32(44)29(38-9)36(7,8)25-21-41(10)27-18-13-12-16-24(25)27/h12-13,16,18,20-22,26,28-30,38H,14-15,17,19,37H2,1-11H3,(H,39,43)(H,40,44)(H,46,47)/b23-20+/t26?,28-,29-,30?/m1/s1. The highest BCUT2D eigenvalue weighted by Crippen LogP contribution is 2.35. The Hall–Kier alpha value is -3.70. The number of nitrogens with zero attached hydrogens (tertiary/aromatic N) is 2. The lowest BCUT2D eigenvalue weighted by Crippen LogP contribution is -2.61. The van der Waals surface area contributed by atoms with Crippen LogP contribution in [0.2, 0.25) is 0 Å². The fourth-order valence-corrected chi connectivity index (χ4v) is 6.09. The summed E-state index contributed by atoms with van der Waals surface area (Å²) in [6, 6.07) is 5.32. The van der Waals surface area contributed by atoms with Crippen molar-refractivity contribution >= 4 is 34.6 Å². The maximum atomic E-state index is 14.2. The second kappa shape index (κ2) is 16.4. The zero-order valence-electron chi connectivity index (χ0n) is 30.2. The number of carboxylic acids is 1. The Balaban J connectivity index is 2.24. The molecule has 0 fully saturated rings. The molecule has 1 aromatic heterocycles. The second-order valence-corrected chi connectivity index (χ2v) is 14.7. The average molecular weight is 655 g/mol. The van der Waals surface area contributed by atoms with Gasteiger partial charge >= 0.3 is 5.97 Å². The summed E-state index contributed by atoms with van der Waals surface area (Å²) in [6.07, 6.45) is 5.37. The molecule has 4 atom stereocenters. The molecule has 0 aliphatic heterocycles. The molecule has 2 rings (SSSR count). The fourth-order valence-electron chi connectivity index (χ4n) is 6.09. The third-order valence-electron chi connectivity index (χ3n) is 9.06. The summed E-state index contributed by atoms with van der Waals surface area (Å²) in [4.78, 5) is 53.6. The summed E-state index contributed by atoms with van der Waals surface area (Å²) in [5.41, 5.74) is 6.89. The number of unbranched alkanes of at least 4 members (excludes halogenated alkanes) is 1. The van der Waals surface area contributed by atoms with Gasteiger partial charge in [0.2, 0.25) is 17.7 Å². The van der Waals surface area contributed by atoms with Gasteiger partial charge in [-0.1, -0.05) is 72.7 Å². The highest BCUT2D eigenvalue weighted by Gasteiger charge is 2.42. The summed E-state index contributed by atoms with van der Waals surface area (Å²) >= 11 is 0. The van der Waals surface area contributed by atoms with Crippen molar-refractivity contribution in [3.05, 3.63) is 47.7 Å². The van der Waals surface area contributed by atoms with Crippen molar-refractivity contribution in [2.75, 3.05) is 20.6 Å². The Bertz CT molecular complexity index is 1440. The molecule has 11 heteroatoms. The van der Waals surface area contributed by atoms with Gasteiger partial charge in [-0.2, -0.15) is 0 Å². The van der Waals surface area contributed by atoms with Crippen molar-refractivity contribution in [2.45, 2.75) is 104 Å². The van der Waals surface area contributed by atoms with Crippen LogP contribution in [0.15, 0.2) is 42.1 Å². The minimum absolute atomic E-state index is 0.0177. The van der Waals surface area contributed by atoms with Gasteiger partial charge in [-0.25, -0.2) is 0 Å². The fraction of sp³-hybridized carbons (Fsp3) is 0.611. The molecule has 47 heavy (non-hydrogen) atoms. The smallest absolute Gasteiger partial charge is 0.320 e. The third kappa shape index (κ3) is 9.90. The molecule has 0 aliphatic rings. The van der Waals surface area contributed by atoms with Crippen LogP contribution in [0.3, 0.4) is 0 Å². The highest BCUT2D eigenvalue weighted by atomic mass is 16.4. The van der Waals surface area contributed by atoms with Gasteiger partial charge in [0, 0.05) is 48.7 Å². The molecule has 0 bridgehead atoms.